The van der Waals surface area contributed by atoms with E-state index in [4.69, 9.17) is 0 Å². The molecule has 0 saturated carbocycles. The standard InChI is InChI=1S/C19H33N3O4S/c1-19(2,3)27(25,26)20-13-5-4-7-17(23)21-15-9-11-16(12-10-15)22-14-6-8-18(22)24/h9,11-12,15,18,20,24H,4-8,10,13-14H2,1-3H3,(H,21,23). The van der Waals surface area contributed by atoms with E-state index in [1.807, 2.05) is 17.1 Å². The first-order valence-corrected chi connectivity index (χ1v) is 11.2. The molecule has 2 atom stereocenters. The number of likely N-dealkylation sites (tertiary alicyclic amines) is 1. The normalized spacial score (nSPS) is 23.4. The Morgan fingerprint density at radius 2 is 2.07 bits per heavy atom. The van der Waals surface area contributed by atoms with Gasteiger partial charge in [-0.1, -0.05) is 12.2 Å². The molecule has 1 aliphatic heterocycles. The summed E-state index contributed by atoms with van der Waals surface area (Å²) in [5.41, 5.74) is 1.02. The summed E-state index contributed by atoms with van der Waals surface area (Å²) < 4.78 is 25.6. The zero-order valence-corrected chi connectivity index (χ0v) is 17.4. The zero-order chi connectivity index (χ0) is 20.1. The fraction of sp³-hybridized carbons (Fsp3) is 0.737. The van der Waals surface area contributed by atoms with Crippen LogP contribution >= 0.6 is 0 Å². The molecule has 0 aromatic carbocycles. The minimum absolute atomic E-state index is 0.0265. The lowest BCUT2D eigenvalue weighted by Crippen LogP contribution is -2.39. The molecular formula is C19H33N3O4S. The maximum absolute atomic E-state index is 12.1. The van der Waals surface area contributed by atoms with E-state index in [0.717, 1.165) is 25.1 Å². The topological polar surface area (TPSA) is 98.7 Å². The summed E-state index contributed by atoms with van der Waals surface area (Å²) in [6.45, 7) is 6.19. The minimum atomic E-state index is -3.33. The molecule has 0 spiro atoms. The molecule has 1 saturated heterocycles. The maximum Gasteiger partial charge on any atom is 0.220 e. The van der Waals surface area contributed by atoms with Crippen LogP contribution in [0.4, 0.5) is 0 Å². The summed E-state index contributed by atoms with van der Waals surface area (Å²) in [6, 6.07) is -0.0274. The number of amides is 1. The highest BCUT2D eigenvalue weighted by molar-refractivity contribution is 7.90. The van der Waals surface area contributed by atoms with Crippen LogP contribution in [0.5, 0.6) is 0 Å². The lowest BCUT2D eigenvalue weighted by Gasteiger charge is -2.27. The van der Waals surface area contributed by atoms with Crippen molar-refractivity contribution in [1.82, 2.24) is 14.9 Å². The van der Waals surface area contributed by atoms with Crippen molar-refractivity contribution >= 4 is 15.9 Å². The molecule has 0 bridgehead atoms. The van der Waals surface area contributed by atoms with Gasteiger partial charge >= 0.3 is 0 Å². The number of carbonyl (C=O) groups excluding carboxylic acids is 1. The Labute approximate surface area is 162 Å². The van der Waals surface area contributed by atoms with Crippen molar-refractivity contribution in [3.63, 3.8) is 0 Å². The van der Waals surface area contributed by atoms with Crippen molar-refractivity contribution < 1.29 is 18.3 Å². The number of rotatable bonds is 8. The van der Waals surface area contributed by atoms with E-state index in [2.05, 4.69) is 16.1 Å². The Morgan fingerprint density at radius 1 is 1.33 bits per heavy atom. The highest BCUT2D eigenvalue weighted by Gasteiger charge is 2.28. The van der Waals surface area contributed by atoms with E-state index >= 15 is 0 Å². The third-order valence-corrected chi connectivity index (χ3v) is 7.10. The number of nitrogens with zero attached hydrogens (tertiary/aromatic N) is 1. The van der Waals surface area contributed by atoms with Crippen LogP contribution in [0, 0.1) is 0 Å². The monoisotopic (exact) mass is 399 g/mol. The largest absolute Gasteiger partial charge is 0.374 e. The highest BCUT2D eigenvalue weighted by atomic mass is 32.2. The molecule has 2 unspecified atom stereocenters. The van der Waals surface area contributed by atoms with E-state index in [-0.39, 0.29) is 11.9 Å². The molecule has 27 heavy (non-hydrogen) atoms. The van der Waals surface area contributed by atoms with Crippen molar-refractivity contribution in [3.05, 3.63) is 23.9 Å². The van der Waals surface area contributed by atoms with Crippen LogP contribution in [0.2, 0.25) is 0 Å². The molecule has 0 radical (unpaired) electrons. The van der Waals surface area contributed by atoms with Crippen LogP contribution in [-0.2, 0) is 14.8 Å². The maximum atomic E-state index is 12.1. The molecule has 1 aliphatic carbocycles. The summed E-state index contributed by atoms with van der Waals surface area (Å²) in [5.74, 6) is -0.0265. The number of aliphatic hydroxyl groups excluding tert-OH is 1. The van der Waals surface area contributed by atoms with Gasteiger partial charge in [-0.3, -0.25) is 4.79 Å². The van der Waals surface area contributed by atoms with E-state index in [9.17, 15) is 18.3 Å². The molecule has 8 heteroatoms. The Hall–Kier alpha value is -1.38. The van der Waals surface area contributed by atoms with Gasteiger partial charge in [0.05, 0.1) is 10.8 Å². The van der Waals surface area contributed by atoms with E-state index in [1.165, 1.54) is 0 Å². The number of hydrogen-bond donors (Lipinski definition) is 3. The number of nitrogens with one attached hydrogen (secondary N) is 2. The zero-order valence-electron chi connectivity index (χ0n) is 16.6. The summed E-state index contributed by atoms with van der Waals surface area (Å²) >= 11 is 0. The average Bonchev–Trinajstić information content (AvgIpc) is 3.00. The van der Waals surface area contributed by atoms with Crippen LogP contribution in [0.25, 0.3) is 0 Å². The SMILES string of the molecule is CC(C)(C)S(=O)(=O)NCCCCC(=O)NC1C=CC(N2CCCC2O)=CC1. The fourth-order valence-electron chi connectivity index (χ4n) is 3.09. The average molecular weight is 400 g/mol. The van der Waals surface area contributed by atoms with Crippen molar-refractivity contribution in [3.8, 4) is 0 Å². The summed E-state index contributed by atoms with van der Waals surface area (Å²) in [5, 5.41) is 12.9. The van der Waals surface area contributed by atoms with Crippen molar-refractivity contribution in [1.29, 1.82) is 0 Å². The Kier molecular flexibility index (Phi) is 7.47. The summed E-state index contributed by atoms with van der Waals surface area (Å²) in [4.78, 5) is 14.1. The molecule has 1 heterocycles. The van der Waals surface area contributed by atoms with Gasteiger partial charge in [0.15, 0.2) is 0 Å². The molecule has 3 N–H and O–H groups in total. The van der Waals surface area contributed by atoms with E-state index in [1.54, 1.807) is 20.8 Å². The first-order chi connectivity index (χ1) is 12.6. The number of unbranched alkanes of at least 4 members (excludes halogenated alkanes) is 1. The van der Waals surface area contributed by atoms with Crippen molar-refractivity contribution in [2.45, 2.75) is 76.3 Å². The number of sulfonamides is 1. The predicted molar refractivity (Wildman–Crippen MR) is 106 cm³/mol. The van der Waals surface area contributed by atoms with Gasteiger partial charge in [-0.15, -0.1) is 0 Å². The van der Waals surface area contributed by atoms with Crippen LogP contribution in [-0.4, -0.2) is 54.4 Å². The Balaban J connectivity index is 1.63. The minimum Gasteiger partial charge on any atom is -0.374 e. The van der Waals surface area contributed by atoms with Gasteiger partial charge in [0, 0.05) is 25.2 Å². The smallest absolute Gasteiger partial charge is 0.220 e. The molecule has 7 nitrogen and oxygen atoms in total. The number of aliphatic hydroxyl groups is 1. The van der Waals surface area contributed by atoms with Crippen LogP contribution < -0.4 is 10.0 Å². The quantitative estimate of drug-likeness (QED) is 0.539. The molecular weight excluding hydrogens is 366 g/mol. The second-order valence-electron chi connectivity index (χ2n) is 8.18. The number of hydrogen-bond acceptors (Lipinski definition) is 5. The first-order valence-electron chi connectivity index (χ1n) is 9.72. The van der Waals surface area contributed by atoms with E-state index in [0.29, 0.717) is 32.2 Å². The molecule has 0 aromatic heterocycles. The van der Waals surface area contributed by atoms with Gasteiger partial charge in [-0.05, 0) is 59.0 Å². The molecule has 2 rings (SSSR count). The lowest BCUT2D eigenvalue weighted by molar-refractivity contribution is -0.121. The summed E-state index contributed by atoms with van der Waals surface area (Å²) in [7, 11) is -3.33. The summed E-state index contributed by atoms with van der Waals surface area (Å²) in [6.07, 6.45) is 9.74. The second kappa shape index (κ2) is 9.21. The van der Waals surface area contributed by atoms with Crippen molar-refractivity contribution in [2.75, 3.05) is 13.1 Å². The van der Waals surface area contributed by atoms with E-state index < -0.39 is 21.0 Å². The molecule has 1 fully saturated rings. The van der Waals surface area contributed by atoms with Gasteiger partial charge in [0.1, 0.15) is 6.23 Å². The number of carbonyl (C=O) groups is 1. The fourth-order valence-corrected chi connectivity index (χ4v) is 3.94. The molecule has 0 aromatic rings. The second-order valence-corrected chi connectivity index (χ2v) is 10.7. The van der Waals surface area contributed by atoms with Crippen LogP contribution in [0.1, 0.15) is 59.3 Å². The van der Waals surface area contributed by atoms with Gasteiger partial charge in [0.25, 0.3) is 0 Å². The Bertz CT molecular complexity index is 680. The molecule has 154 valence electrons. The molecule has 2 aliphatic rings. The van der Waals surface area contributed by atoms with Crippen LogP contribution in [0.15, 0.2) is 23.9 Å². The third kappa shape index (κ3) is 6.33. The lowest BCUT2D eigenvalue weighted by atomic mass is 10.1. The highest BCUT2D eigenvalue weighted by Crippen LogP contribution is 2.24. The number of allylic oxidation sites excluding steroid dienone is 1. The van der Waals surface area contributed by atoms with Gasteiger partial charge in [-0.25, -0.2) is 13.1 Å². The molecule has 1 amide bonds. The van der Waals surface area contributed by atoms with Gasteiger partial charge in [0.2, 0.25) is 15.9 Å². The van der Waals surface area contributed by atoms with Gasteiger partial charge in [-0.2, -0.15) is 0 Å². The van der Waals surface area contributed by atoms with Gasteiger partial charge < -0.3 is 15.3 Å². The third-order valence-electron chi connectivity index (χ3n) is 4.91. The Morgan fingerprint density at radius 3 is 2.63 bits per heavy atom. The van der Waals surface area contributed by atoms with Crippen LogP contribution in [0.3, 0.4) is 0 Å². The van der Waals surface area contributed by atoms with Crippen molar-refractivity contribution in [2.24, 2.45) is 0 Å². The first kappa shape index (κ1) is 21.9. The predicted octanol–water partition coefficient (Wildman–Crippen LogP) is 1.62.